The summed E-state index contributed by atoms with van der Waals surface area (Å²) in [5, 5.41) is 0. The zero-order chi connectivity index (χ0) is 14.9. The first-order valence-corrected chi connectivity index (χ1v) is 5.11. The van der Waals surface area contributed by atoms with Crippen LogP contribution in [-0.4, -0.2) is 17.9 Å². The fourth-order valence-electron chi connectivity index (χ4n) is 1.21. The average molecular weight is 266 g/mol. The molecule has 0 aliphatic heterocycles. The van der Waals surface area contributed by atoms with Crippen LogP contribution in [0.15, 0.2) is 50.7 Å². The average Bonchev–Trinajstić information content (AvgIpc) is 2.36. The molecule has 0 amide bonds. The van der Waals surface area contributed by atoms with Gasteiger partial charge >= 0.3 is 17.9 Å². The summed E-state index contributed by atoms with van der Waals surface area (Å²) in [5.41, 5.74) is -2.40. The number of carbonyl (C=O) groups is 3. The molecule has 19 heavy (non-hydrogen) atoms. The Labute approximate surface area is 110 Å². The number of ether oxygens (including phenoxy) is 3. The Morgan fingerprint density at radius 3 is 1.37 bits per heavy atom. The zero-order valence-electron chi connectivity index (χ0n) is 10.5. The first-order chi connectivity index (χ1) is 9.00. The normalized spacial score (nSPS) is 10.4. The van der Waals surface area contributed by atoms with Gasteiger partial charge in [0.15, 0.2) is 0 Å². The van der Waals surface area contributed by atoms with Crippen LogP contribution in [0.2, 0.25) is 0 Å². The lowest BCUT2D eigenvalue weighted by molar-refractivity contribution is -0.172. The molecule has 0 radical (unpaired) electrons. The topological polar surface area (TPSA) is 78.9 Å². The minimum absolute atomic E-state index is 0.781. The van der Waals surface area contributed by atoms with E-state index in [4.69, 9.17) is 0 Å². The standard InChI is InChI=1S/C13H14O6/c1-5-9-13(10(14)17-6-2,11(15)18-7-3)12(16)19-8-4/h5-9H,2-4H2,1H3. The predicted octanol–water partition coefficient (Wildman–Crippen LogP) is 1.61. The van der Waals surface area contributed by atoms with Crippen LogP contribution in [0.1, 0.15) is 6.92 Å². The van der Waals surface area contributed by atoms with Crippen LogP contribution in [0, 0.1) is 5.41 Å². The summed E-state index contributed by atoms with van der Waals surface area (Å²) < 4.78 is 13.5. The van der Waals surface area contributed by atoms with Gasteiger partial charge < -0.3 is 14.2 Å². The molecule has 0 aromatic rings. The number of esters is 3. The van der Waals surface area contributed by atoms with Crippen molar-refractivity contribution in [2.24, 2.45) is 5.41 Å². The van der Waals surface area contributed by atoms with Crippen molar-refractivity contribution in [2.75, 3.05) is 0 Å². The highest BCUT2D eigenvalue weighted by Crippen LogP contribution is 2.26. The van der Waals surface area contributed by atoms with E-state index in [0.29, 0.717) is 0 Å². The third kappa shape index (κ3) is 3.41. The van der Waals surface area contributed by atoms with Gasteiger partial charge in [-0.15, -0.1) is 0 Å². The van der Waals surface area contributed by atoms with E-state index in [1.54, 1.807) is 0 Å². The summed E-state index contributed by atoms with van der Waals surface area (Å²) in [4.78, 5) is 35.6. The summed E-state index contributed by atoms with van der Waals surface area (Å²) in [5.74, 6) is -3.63. The quantitative estimate of drug-likeness (QED) is 0.229. The molecule has 102 valence electrons. The fraction of sp³-hybridized carbons (Fsp3) is 0.154. The van der Waals surface area contributed by atoms with Gasteiger partial charge in [-0.25, -0.2) is 14.4 Å². The Morgan fingerprint density at radius 1 is 0.842 bits per heavy atom. The van der Waals surface area contributed by atoms with Gasteiger partial charge in [-0.05, 0) is 13.0 Å². The maximum Gasteiger partial charge on any atom is 0.344 e. The smallest absolute Gasteiger partial charge is 0.344 e. The Balaban J connectivity index is 5.85. The van der Waals surface area contributed by atoms with Crippen LogP contribution in [0.25, 0.3) is 0 Å². The third-order valence-electron chi connectivity index (χ3n) is 1.95. The Morgan fingerprint density at radius 2 is 1.16 bits per heavy atom. The summed E-state index contributed by atoms with van der Waals surface area (Å²) in [6.07, 6.45) is 4.64. The van der Waals surface area contributed by atoms with Crippen LogP contribution in [0.4, 0.5) is 0 Å². The molecule has 0 aromatic carbocycles. The van der Waals surface area contributed by atoms with E-state index in [2.05, 4.69) is 33.9 Å². The van der Waals surface area contributed by atoms with Gasteiger partial charge in [0.05, 0.1) is 18.8 Å². The fourth-order valence-corrected chi connectivity index (χ4v) is 1.21. The van der Waals surface area contributed by atoms with Crippen LogP contribution < -0.4 is 0 Å². The lowest BCUT2D eigenvalue weighted by Crippen LogP contribution is -2.46. The second-order valence-corrected chi connectivity index (χ2v) is 3.02. The highest BCUT2D eigenvalue weighted by molar-refractivity contribution is 6.20. The highest BCUT2D eigenvalue weighted by Gasteiger charge is 2.55. The lowest BCUT2D eigenvalue weighted by atomic mass is 9.87. The Bertz CT molecular complexity index is 377. The van der Waals surface area contributed by atoms with E-state index in [1.165, 1.54) is 13.0 Å². The van der Waals surface area contributed by atoms with Gasteiger partial charge in [0.2, 0.25) is 0 Å². The van der Waals surface area contributed by atoms with Gasteiger partial charge in [0.25, 0.3) is 5.41 Å². The molecule has 0 rings (SSSR count). The SMILES string of the molecule is C=COC(=O)C(C=CC)(C(=O)OC=C)C(=O)OC=C. The van der Waals surface area contributed by atoms with Gasteiger partial charge in [-0.1, -0.05) is 25.8 Å². The molecule has 0 heterocycles. The maximum atomic E-state index is 11.9. The molecule has 0 aromatic heterocycles. The van der Waals surface area contributed by atoms with Crippen molar-refractivity contribution in [3.05, 3.63) is 50.7 Å². The van der Waals surface area contributed by atoms with Crippen LogP contribution in [0.5, 0.6) is 0 Å². The van der Waals surface area contributed by atoms with Crippen molar-refractivity contribution in [3.8, 4) is 0 Å². The first-order valence-electron chi connectivity index (χ1n) is 5.11. The molecule has 0 bridgehead atoms. The zero-order valence-corrected chi connectivity index (χ0v) is 10.5. The third-order valence-corrected chi connectivity index (χ3v) is 1.95. The lowest BCUT2D eigenvalue weighted by Gasteiger charge is -2.21. The molecule has 0 saturated heterocycles. The minimum Gasteiger partial charge on any atom is -0.434 e. The van der Waals surface area contributed by atoms with Crippen molar-refractivity contribution in [2.45, 2.75) is 6.92 Å². The van der Waals surface area contributed by atoms with E-state index < -0.39 is 23.3 Å². The summed E-state index contributed by atoms with van der Waals surface area (Å²) in [7, 11) is 0. The van der Waals surface area contributed by atoms with E-state index in [1.807, 2.05) is 0 Å². The van der Waals surface area contributed by atoms with Gasteiger partial charge in [0.1, 0.15) is 0 Å². The number of allylic oxidation sites excluding steroid dienone is 1. The molecule has 6 heteroatoms. The number of hydrogen-bond donors (Lipinski definition) is 0. The van der Waals surface area contributed by atoms with Crippen molar-refractivity contribution in [3.63, 3.8) is 0 Å². The van der Waals surface area contributed by atoms with Crippen LogP contribution in [0.3, 0.4) is 0 Å². The van der Waals surface area contributed by atoms with Crippen LogP contribution >= 0.6 is 0 Å². The highest BCUT2D eigenvalue weighted by atomic mass is 16.6. The van der Waals surface area contributed by atoms with E-state index in [9.17, 15) is 14.4 Å². The molecule has 0 unspecified atom stereocenters. The molecular weight excluding hydrogens is 252 g/mol. The monoisotopic (exact) mass is 266 g/mol. The summed E-state index contributed by atoms with van der Waals surface area (Å²) in [6.45, 7) is 11.0. The minimum atomic E-state index is -2.40. The van der Waals surface area contributed by atoms with Crippen molar-refractivity contribution in [1.82, 2.24) is 0 Å². The number of carbonyl (C=O) groups excluding carboxylic acids is 3. The summed E-state index contributed by atoms with van der Waals surface area (Å²) >= 11 is 0. The summed E-state index contributed by atoms with van der Waals surface area (Å²) in [6, 6.07) is 0. The molecule has 0 fully saturated rings. The Hall–Kier alpha value is -2.63. The molecular formula is C13H14O6. The largest absolute Gasteiger partial charge is 0.434 e. The van der Waals surface area contributed by atoms with E-state index in [0.717, 1.165) is 24.9 Å². The van der Waals surface area contributed by atoms with Gasteiger partial charge in [-0.2, -0.15) is 0 Å². The number of hydrogen-bond acceptors (Lipinski definition) is 6. The van der Waals surface area contributed by atoms with E-state index in [-0.39, 0.29) is 0 Å². The molecule has 6 nitrogen and oxygen atoms in total. The molecule has 0 N–H and O–H groups in total. The van der Waals surface area contributed by atoms with Gasteiger partial charge in [-0.3, -0.25) is 0 Å². The molecule has 0 aliphatic rings. The molecule has 0 atom stereocenters. The van der Waals surface area contributed by atoms with Crippen molar-refractivity contribution < 1.29 is 28.6 Å². The second-order valence-electron chi connectivity index (χ2n) is 3.02. The Kier molecular flexibility index (Phi) is 6.59. The van der Waals surface area contributed by atoms with Crippen LogP contribution in [-0.2, 0) is 28.6 Å². The second kappa shape index (κ2) is 7.65. The maximum absolute atomic E-state index is 11.9. The molecule has 0 saturated carbocycles. The first kappa shape index (κ1) is 16.4. The molecule has 0 spiro atoms. The van der Waals surface area contributed by atoms with Gasteiger partial charge in [0, 0.05) is 0 Å². The predicted molar refractivity (Wildman–Crippen MR) is 66.1 cm³/mol. The molecule has 0 aliphatic carbocycles. The number of rotatable bonds is 7. The van der Waals surface area contributed by atoms with Crippen molar-refractivity contribution in [1.29, 1.82) is 0 Å². The van der Waals surface area contributed by atoms with E-state index >= 15 is 0 Å². The van der Waals surface area contributed by atoms with Crippen molar-refractivity contribution >= 4 is 17.9 Å².